The summed E-state index contributed by atoms with van der Waals surface area (Å²) in [5, 5.41) is 1.46. The molecule has 148 valence electrons. The first kappa shape index (κ1) is 21.0. The normalized spacial score (nSPS) is 17.6. The Labute approximate surface area is 173 Å². The molecule has 0 aliphatic carbocycles. The van der Waals surface area contributed by atoms with E-state index in [1.165, 1.54) is 36.8 Å². The first-order valence-electron chi connectivity index (χ1n) is 10.2. The fourth-order valence-electron chi connectivity index (χ4n) is 4.99. The molecule has 2 aromatic rings. The molecule has 27 heavy (non-hydrogen) atoms. The molecule has 0 aromatic heterocycles. The molecule has 0 amide bonds. The van der Waals surface area contributed by atoms with Gasteiger partial charge in [0.25, 0.3) is 0 Å². The molecule has 3 rings (SSSR count). The van der Waals surface area contributed by atoms with Gasteiger partial charge in [0, 0.05) is 0 Å². The van der Waals surface area contributed by atoms with Crippen LogP contribution in [0, 0.1) is 0 Å². The van der Waals surface area contributed by atoms with Gasteiger partial charge in [-0.3, -0.25) is 0 Å². The van der Waals surface area contributed by atoms with Crippen LogP contribution in [0.15, 0.2) is 60.7 Å². The summed E-state index contributed by atoms with van der Waals surface area (Å²) in [5.74, 6) is 0. The first-order chi connectivity index (χ1) is 12.9. The Kier molecular flexibility index (Phi) is 6.48. The molecule has 1 heterocycles. The molecule has 4 heteroatoms. The number of nitrogens with zero attached hydrogens (tertiary/aromatic N) is 2. The van der Waals surface area contributed by atoms with E-state index in [2.05, 4.69) is 113 Å². The standard InChI is InChI=1S/C23H34BrN2P/c1-20(2)26(21(3)4)27(24,25-17-11-12-18-25,23-15-9-6-10-16-23)19-22-13-7-5-8-14-22/h5-10,13-16,20-21H,11-12,17-19H2,1-4H3. The van der Waals surface area contributed by atoms with Gasteiger partial charge < -0.3 is 0 Å². The van der Waals surface area contributed by atoms with E-state index in [0.29, 0.717) is 12.1 Å². The first-order valence-corrected chi connectivity index (χ1v) is 14.6. The predicted molar refractivity (Wildman–Crippen MR) is 125 cm³/mol. The summed E-state index contributed by atoms with van der Waals surface area (Å²) in [6, 6.07) is 23.2. The van der Waals surface area contributed by atoms with Gasteiger partial charge in [0.05, 0.1) is 0 Å². The molecule has 0 atom stereocenters. The van der Waals surface area contributed by atoms with Crippen LogP contribution in [0.25, 0.3) is 0 Å². The van der Waals surface area contributed by atoms with Crippen LogP contribution in [-0.4, -0.2) is 34.5 Å². The van der Waals surface area contributed by atoms with Crippen molar-refractivity contribution in [3.63, 3.8) is 0 Å². The van der Waals surface area contributed by atoms with E-state index < -0.39 is 5.61 Å². The molecule has 1 aliphatic rings. The van der Waals surface area contributed by atoms with Gasteiger partial charge in [0.1, 0.15) is 0 Å². The third-order valence-electron chi connectivity index (χ3n) is 5.76. The van der Waals surface area contributed by atoms with Gasteiger partial charge >= 0.3 is 174 Å². The Balaban J connectivity index is 2.30. The van der Waals surface area contributed by atoms with E-state index in [1.54, 1.807) is 0 Å². The minimum atomic E-state index is -2.77. The van der Waals surface area contributed by atoms with Crippen molar-refractivity contribution < 1.29 is 0 Å². The molecule has 0 bridgehead atoms. The summed E-state index contributed by atoms with van der Waals surface area (Å²) in [4.78, 5) is 0. The number of hydrogen-bond acceptors (Lipinski definition) is 2. The summed E-state index contributed by atoms with van der Waals surface area (Å²) in [6.07, 6.45) is 3.61. The van der Waals surface area contributed by atoms with Gasteiger partial charge in [0.15, 0.2) is 0 Å². The third kappa shape index (κ3) is 3.77. The Hall–Kier alpha value is -0.730. The molecule has 2 aromatic carbocycles. The molecule has 0 unspecified atom stereocenters. The molecule has 1 fully saturated rings. The van der Waals surface area contributed by atoms with Crippen LogP contribution < -0.4 is 5.30 Å². The molecular formula is C23H34BrN2P. The number of benzene rings is 2. The second-order valence-corrected chi connectivity index (χ2v) is 16.8. The Bertz CT molecular complexity index is 723. The minimum absolute atomic E-state index is 0.451. The number of hydrogen-bond donors (Lipinski definition) is 0. The summed E-state index contributed by atoms with van der Waals surface area (Å²) in [7, 11) is 0. The van der Waals surface area contributed by atoms with Crippen molar-refractivity contribution in [3.05, 3.63) is 66.2 Å². The van der Waals surface area contributed by atoms with E-state index in [0.717, 1.165) is 6.16 Å². The van der Waals surface area contributed by atoms with Crippen LogP contribution in [-0.2, 0) is 6.16 Å². The third-order valence-corrected chi connectivity index (χ3v) is 15.8. The Morgan fingerprint density at radius 2 is 1.33 bits per heavy atom. The molecule has 1 saturated heterocycles. The summed E-state index contributed by atoms with van der Waals surface area (Å²) in [6.45, 7) is 11.8. The van der Waals surface area contributed by atoms with Gasteiger partial charge in [-0.05, 0) is 0 Å². The second-order valence-electron chi connectivity index (χ2n) is 8.29. The van der Waals surface area contributed by atoms with Crippen molar-refractivity contribution in [3.8, 4) is 0 Å². The predicted octanol–water partition coefficient (Wildman–Crippen LogP) is 6.42. The summed E-state index contributed by atoms with van der Waals surface area (Å²) < 4.78 is 5.62. The van der Waals surface area contributed by atoms with E-state index in [4.69, 9.17) is 0 Å². The van der Waals surface area contributed by atoms with E-state index in [-0.39, 0.29) is 0 Å². The van der Waals surface area contributed by atoms with E-state index in [9.17, 15) is 0 Å². The van der Waals surface area contributed by atoms with Crippen molar-refractivity contribution in [1.29, 1.82) is 0 Å². The summed E-state index contributed by atoms with van der Waals surface area (Å²) in [5.41, 5.74) is -1.36. The monoisotopic (exact) mass is 448 g/mol. The van der Waals surface area contributed by atoms with Crippen molar-refractivity contribution >= 4 is 26.4 Å². The molecule has 0 saturated carbocycles. The maximum atomic E-state index is 4.61. The zero-order chi connectivity index (χ0) is 19.5. The number of halogens is 1. The van der Waals surface area contributed by atoms with Crippen molar-refractivity contribution in [1.82, 2.24) is 9.34 Å². The average molecular weight is 449 g/mol. The number of rotatable bonds is 7. The fourth-order valence-corrected chi connectivity index (χ4v) is 15.7. The van der Waals surface area contributed by atoms with Crippen LogP contribution >= 0.6 is 21.1 Å². The van der Waals surface area contributed by atoms with Crippen LogP contribution in [0.1, 0.15) is 46.1 Å². The quantitative estimate of drug-likeness (QED) is 0.450. The Morgan fingerprint density at radius 1 is 0.852 bits per heavy atom. The Morgan fingerprint density at radius 3 is 1.81 bits per heavy atom. The van der Waals surface area contributed by atoms with Crippen molar-refractivity contribution in [2.24, 2.45) is 0 Å². The van der Waals surface area contributed by atoms with E-state index in [1.807, 2.05) is 0 Å². The average Bonchev–Trinajstić information content (AvgIpc) is 3.18. The van der Waals surface area contributed by atoms with E-state index >= 15 is 0 Å². The topological polar surface area (TPSA) is 6.48 Å². The SMILES string of the molecule is CC(C)N(C(C)C)P(Br)(Cc1ccccc1)(c1ccccc1)N1CCCC1. The molecule has 1 aliphatic heterocycles. The van der Waals surface area contributed by atoms with Gasteiger partial charge in [0.2, 0.25) is 0 Å². The molecule has 2 nitrogen and oxygen atoms in total. The fraction of sp³-hybridized carbons (Fsp3) is 0.478. The van der Waals surface area contributed by atoms with Gasteiger partial charge in [-0.1, -0.05) is 0 Å². The zero-order valence-corrected chi connectivity index (χ0v) is 19.7. The van der Waals surface area contributed by atoms with Gasteiger partial charge in [-0.2, -0.15) is 0 Å². The van der Waals surface area contributed by atoms with Crippen molar-refractivity contribution in [2.75, 3.05) is 13.1 Å². The van der Waals surface area contributed by atoms with Gasteiger partial charge in [-0.15, -0.1) is 0 Å². The molecular weight excluding hydrogens is 415 g/mol. The molecule has 0 radical (unpaired) electrons. The maximum absolute atomic E-state index is 4.61. The molecule has 0 spiro atoms. The van der Waals surface area contributed by atoms with Crippen LogP contribution in [0.4, 0.5) is 0 Å². The van der Waals surface area contributed by atoms with Crippen molar-refractivity contribution in [2.45, 2.75) is 58.8 Å². The van der Waals surface area contributed by atoms with Crippen LogP contribution in [0.2, 0.25) is 0 Å². The summed E-state index contributed by atoms with van der Waals surface area (Å²) >= 11 is 4.61. The second kappa shape index (κ2) is 8.33. The van der Waals surface area contributed by atoms with Gasteiger partial charge in [-0.25, -0.2) is 0 Å². The zero-order valence-electron chi connectivity index (χ0n) is 17.2. The van der Waals surface area contributed by atoms with Crippen LogP contribution in [0.5, 0.6) is 0 Å². The van der Waals surface area contributed by atoms with Crippen LogP contribution in [0.3, 0.4) is 0 Å². The molecule has 0 N–H and O–H groups in total.